The fourth-order valence-corrected chi connectivity index (χ4v) is 4.66. The van der Waals surface area contributed by atoms with Gasteiger partial charge in [-0.15, -0.1) is 0 Å². The van der Waals surface area contributed by atoms with Gasteiger partial charge >= 0.3 is 0 Å². The van der Waals surface area contributed by atoms with Crippen LogP contribution in [0.15, 0.2) is 17.2 Å². The summed E-state index contributed by atoms with van der Waals surface area (Å²) in [7, 11) is 0. The number of ether oxygens (including phenoxy) is 1. The first-order chi connectivity index (χ1) is 15.1. The lowest BCUT2D eigenvalue weighted by Gasteiger charge is -2.27. The van der Waals surface area contributed by atoms with Crippen LogP contribution >= 0.6 is 0 Å². The van der Waals surface area contributed by atoms with Gasteiger partial charge in [-0.25, -0.2) is 4.98 Å². The van der Waals surface area contributed by atoms with Crippen LogP contribution in [0.2, 0.25) is 0 Å². The van der Waals surface area contributed by atoms with Gasteiger partial charge in [-0.1, -0.05) is 12.8 Å². The van der Waals surface area contributed by atoms with E-state index in [2.05, 4.69) is 24.8 Å². The van der Waals surface area contributed by atoms with Crippen molar-refractivity contribution in [1.29, 1.82) is 0 Å². The number of nitrogens with zero attached hydrogens (tertiary/aromatic N) is 5. The fourth-order valence-electron chi connectivity index (χ4n) is 4.66. The molecule has 0 amide bonds. The van der Waals surface area contributed by atoms with Crippen LogP contribution in [-0.2, 0) is 11.3 Å². The molecule has 1 aliphatic carbocycles. The first-order valence-electron chi connectivity index (χ1n) is 11.1. The Morgan fingerprint density at radius 3 is 2.71 bits per heavy atom. The summed E-state index contributed by atoms with van der Waals surface area (Å²) in [6.07, 6.45) is 6.69. The summed E-state index contributed by atoms with van der Waals surface area (Å²) in [5.41, 5.74) is 4.08. The van der Waals surface area contributed by atoms with Crippen molar-refractivity contribution >= 4 is 22.9 Å². The van der Waals surface area contributed by atoms with Crippen LogP contribution in [0.3, 0.4) is 0 Å². The highest BCUT2D eigenvalue weighted by molar-refractivity contribution is 5.84. The van der Waals surface area contributed by atoms with Crippen LogP contribution in [0.4, 0.5) is 11.8 Å². The lowest BCUT2D eigenvalue weighted by molar-refractivity contribution is 0.122. The van der Waals surface area contributed by atoms with E-state index in [4.69, 9.17) is 14.7 Å². The smallest absolute Gasteiger partial charge is 0.253 e. The Morgan fingerprint density at radius 2 is 1.97 bits per heavy atom. The molecule has 3 aromatic rings. The van der Waals surface area contributed by atoms with Crippen molar-refractivity contribution in [1.82, 2.24) is 24.5 Å². The third-order valence-corrected chi connectivity index (χ3v) is 6.35. The van der Waals surface area contributed by atoms with Crippen LogP contribution in [0, 0.1) is 13.8 Å². The van der Waals surface area contributed by atoms with Crippen molar-refractivity contribution < 1.29 is 4.74 Å². The van der Waals surface area contributed by atoms with E-state index < -0.39 is 0 Å². The first-order valence-corrected chi connectivity index (χ1v) is 11.1. The Labute approximate surface area is 180 Å². The molecule has 31 heavy (non-hydrogen) atoms. The third kappa shape index (κ3) is 3.89. The number of hydrogen-bond donors (Lipinski definition) is 2. The van der Waals surface area contributed by atoms with Crippen LogP contribution in [-0.4, -0.2) is 50.8 Å². The Morgan fingerprint density at radius 1 is 1.19 bits per heavy atom. The molecule has 1 saturated carbocycles. The molecule has 4 heterocycles. The van der Waals surface area contributed by atoms with Crippen molar-refractivity contribution in [3.8, 4) is 0 Å². The van der Waals surface area contributed by atoms with Gasteiger partial charge in [0.25, 0.3) is 5.56 Å². The highest BCUT2D eigenvalue weighted by Crippen LogP contribution is 2.33. The minimum Gasteiger partial charge on any atom is -0.378 e. The normalized spacial score (nSPS) is 17.5. The van der Waals surface area contributed by atoms with E-state index in [0.717, 1.165) is 48.4 Å². The van der Waals surface area contributed by atoms with Crippen molar-refractivity contribution in [2.24, 2.45) is 0 Å². The predicted molar refractivity (Wildman–Crippen MR) is 120 cm³/mol. The number of aromatic nitrogens is 5. The number of aromatic amines is 1. The Kier molecular flexibility index (Phi) is 5.35. The van der Waals surface area contributed by atoms with Gasteiger partial charge in [-0.05, 0) is 38.3 Å². The lowest BCUT2D eigenvalue weighted by atomic mass is 10.1. The van der Waals surface area contributed by atoms with Crippen LogP contribution < -0.4 is 15.8 Å². The number of nitrogens with one attached hydrogen (secondary N) is 2. The number of aryl methyl sites for hydroxylation is 2. The zero-order chi connectivity index (χ0) is 21.4. The van der Waals surface area contributed by atoms with Crippen molar-refractivity contribution in [3.05, 3.63) is 39.6 Å². The molecule has 0 atom stereocenters. The van der Waals surface area contributed by atoms with E-state index in [1.807, 2.05) is 26.2 Å². The topological polar surface area (TPSA) is 101 Å². The monoisotopic (exact) mass is 423 g/mol. The molecule has 2 aliphatic rings. The SMILES string of the molecule is Cc1cc(C)c(CNc2nc(N3CCOCC3)nc3c2ncn3C2CCCC2)c(=O)[nH]1. The number of hydrogen-bond acceptors (Lipinski definition) is 7. The molecule has 0 spiro atoms. The molecule has 2 N–H and O–H groups in total. The van der Waals surface area contributed by atoms with Gasteiger partial charge in [0.2, 0.25) is 5.95 Å². The molecule has 164 valence electrons. The number of pyridine rings is 1. The second-order valence-corrected chi connectivity index (χ2v) is 8.53. The second-order valence-electron chi connectivity index (χ2n) is 8.53. The fraction of sp³-hybridized carbons (Fsp3) is 0.545. The van der Waals surface area contributed by atoms with E-state index in [1.165, 1.54) is 12.8 Å². The summed E-state index contributed by atoms with van der Waals surface area (Å²) in [5.74, 6) is 1.36. The molecule has 0 aromatic carbocycles. The summed E-state index contributed by atoms with van der Waals surface area (Å²) in [6, 6.07) is 2.43. The van der Waals surface area contributed by atoms with E-state index in [-0.39, 0.29) is 5.56 Å². The van der Waals surface area contributed by atoms with E-state index in [1.54, 1.807) is 0 Å². The van der Waals surface area contributed by atoms with Crippen LogP contribution in [0.5, 0.6) is 0 Å². The van der Waals surface area contributed by atoms with Gasteiger partial charge in [-0.2, -0.15) is 9.97 Å². The van der Waals surface area contributed by atoms with Crippen molar-refractivity contribution in [3.63, 3.8) is 0 Å². The molecular formula is C22H29N7O2. The first kappa shape index (κ1) is 20.0. The summed E-state index contributed by atoms with van der Waals surface area (Å²) < 4.78 is 7.71. The van der Waals surface area contributed by atoms with Gasteiger partial charge in [0.15, 0.2) is 17.0 Å². The maximum Gasteiger partial charge on any atom is 0.253 e. The molecular weight excluding hydrogens is 394 g/mol. The Hall–Kier alpha value is -2.94. The van der Waals surface area contributed by atoms with Gasteiger partial charge in [0.1, 0.15) is 0 Å². The minimum atomic E-state index is -0.0693. The largest absolute Gasteiger partial charge is 0.378 e. The van der Waals surface area contributed by atoms with E-state index >= 15 is 0 Å². The number of imidazole rings is 1. The van der Waals surface area contributed by atoms with Gasteiger partial charge in [0.05, 0.1) is 19.5 Å². The number of H-pyrrole nitrogens is 1. The van der Waals surface area contributed by atoms with Crippen LogP contribution in [0.1, 0.15) is 48.5 Å². The molecule has 0 bridgehead atoms. The maximum absolute atomic E-state index is 12.5. The predicted octanol–water partition coefficient (Wildman–Crippen LogP) is 2.70. The molecule has 5 rings (SSSR count). The summed E-state index contributed by atoms with van der Waals surface area (Å²) in [4.78, 5) is 31.9. The number of anilines is 2. The standard InChI is InChI=1S/C22H29N7O2/c1-14-11-15(2)25-21(30)17(14)12-23-19-18-20(29(13-24-18)16-5-3-4-6-16)27-22(26-19)28-7-9-31-10-8-28/h11,13,16H,3-10,12H2,1-2H3,(H,25,30)(H,23,26,27). The molecule has 1 aliphatic heterocycles. The number of morpholine rings is 1. The average Bonchev–Trinajstić information content (AvgIpc) is 3.43. The zero-order valence-electron chi connectivity index (χ0n) is 18.1. The van der Waals surface area contributed by atoms with Crippen molar-refractivity contribution in [2.45, 2.75) is 52.1 Å². The molecule has 1 saturated heterocycles. The van der Waals surface area contributed by atoms with Gasteiger partial charge in [-0.3, -0.25) is 4.79 Å². The zero-order valence-corrected chi connectivity index (χ0v) is 18.1. The maximum atomic E-state index is 12.5. The summed E-state index contributed by atoms with van der Waals surface area (Å²) in [6.45, 7) is 7.10. The van der Waals surface area contributed by atoms with Crippen molar-refractivity contribution in [2.75, 3.05) is 36.5 Å². The Bertz CT molecular complexity index is 1140. The van der Waals surface area contributed by atoms with E-state index in [9.17, 15) is 4.79 Å². The minimum absolute atomic E-state index is 0.0693. The molecule has 0 unspecified atom stereocenters. The molecule has 0 radical (unpaired) electrons. The van der Waals surface area contributed by atoms with Crippen LogP contribution in [0.25, 0.3) is 11.2 Å². The molecule has 2 fully saturated rings. The lowest BCUT2D eigenvalue weighted by Crippen LogP contribution is -2.37. The second kappa shape index (κ2) is 8.30. The quantitative estimate of drug-likeness (QED) is 0.651. The summed E-state index contributed by atoms with van der Waals surface area (Å²) in [5, 5.41) is 3.38. The van der Waals surface area contributed by atoms with Gasteiger partial charge in [0, 0.05) is 36.9 Å². The summed E-state index contributed by atoms with van der Waals surface area (Å²) >= 11 is 0. The highest BCUT2D eigenvalue weighted by Gasteiger charge is 2.24. The molecule has 9 nitrogen and oxygen atoms in total. The Balaban J connectivity index is 1.53. The average molecular weight is 424 g/mol. The molecule has 9 heteroatoms. The third-order valence-electron chi connectivity index (χ3n) is 6.35. The number of fused-ring (bicyclic) bond motifs is 1. The highest BCUT2D eigenvalue weighted by atomic mass is 16.5. The molecule has 3 aromatic heterocycles. The number of rotatable bonds is 5. The van der Waals surface area contributed by atoms with E-state index in [0.29, 0.717) is 43.1 Å². The van der Waals surface area contributed by atoms with Gasteiger partial charge < -0.3 is 24.5 Å².